The van der Waals surface area contributed by atoms with Crippen LogP contribution in [0.2, 0.25) is 0 Å². The second-order valence-corrected chi connectivity index (χ2v) is 7.40. The number of amides is 1. The van der Waals surface area contributed by atoms with E-state index in [9.17, 15) is 22.4 Å². The van der Waals surface area contributed by atoms with Crippen LogP contribution in [0.1, 0.15) is 36.0 Å². The van der Waals surface area contributed by atoms with Crippen molar-refractivity contribution in [2.24, 2.45) is 10.9 Å². The molecule has 0 aliphatic heterocycles. The minimum atomic E-state index is -4.65. The summed E-state index contributed by atoms with van der Waals surface area (Å²) in [4.78, 5) is 16.1. The van der Waals surface area contributed by atoms with Crippen LogP contribution in [0.5, 0.6) is 0 Å². The molecule has 174 valence electrons. The van der Waals surface area contributed by atoms with Crippen molar-refractivity contribution in [3.05, 3.63) is 65.0 Å². The third-order valence-corrected chi connectivity index (χ3v) is 5.18. The van der Waals surface area contributed by atoms with Crippen LogP contribution in [0.25, 0.3) is 0 Å². The SMILES string of the molecule is CN=C(NCc1cccc(NC(=O)C2CCC2)c1)NCc1ccc(F)cc1C(F)(F)F.I. The van der Waals surface area contributed by atoms with Gasteiger partial charge in [-0.15, -0.1) is 24.0 Å². The van der Waals surface area contributed by atoms with Gasteiger partial charge in [0, 0.05) is 31.7 Å². The normalized spacial score (nSPS) is 14.2. The summed E-state index contributed by atoms with van der Waals surface area (Å²) >= 11 is 0. The van der Waals surface area contributed by atoms with E-state index in [-0.39, 0.29) is 47.9 Å². The van der Waals surface area contributed by atoms with E-state index in [4.69, 9.17) is 0 Å². The van der Waals surface area contributed by atoms with E-state index >= 15 is 0 Å². The standard InChI is InChI=1S/C22H24F4N4O.HI/c1-27-21(29-13-16-8-9-17(23)11-19(16)22(24,25)26)28-12-14-4-2-7-18(10-14)30-20(31)15-5-3-6-15;/h2,4,7-11,15H,3,5-6,12-13H2,1H3,(H,30,31)(H2,27,28,29);1H. The zero-order valence-electron chi connectivity index (χ0n) is 17.4. The number of aliphatic imine (C=N–C) groups is 1. The van der Waals surface area contributed by atoms with Gasteiger partial charge in [0.25, 0.3) is 0 Å². The fraction of sp³-hybridized carbons (Fsp3) is 0.364. The lowest BCUT2D eigenvalue weighted by molar-refractivity contribution is -0.138. The predicted molar refractivity (Wildman–Crippen MR) is 126 cm³/mol. The Morgan fingerprint density at radius 1 is 1.09 bits per heavy atom. The van der Waals surface area contributed by atoms with Gasteiger partial charge in [-0.3, -0.25) is 9.79 Å². The van der Waals surface area contributed by atoms with Crippen LogP contribution < -0.4 is 16.0 Å². The molecule has 1 saturated carbocycles. The highest BCUT2D eigenvalue weighted by molar-refractivity contribution is 14.0. The maximum absolute atomic E-state index is 13.2. The molecule has 1 amide bonds. The van der Waals surface area contributed by atoms with Crippen molar-refractivity contribution in [3.63, 3.8) is 0 Å². The second kappa shape index (κ2) is 11.5. The smallest absolute Gasteiger partial charge is 0.352 e. The summed E-state index contributed by atoms with van der Waals surface area (Å²) < 4.78 is 52.7. The van der Waals surface area contributed by atoms with E-state index in [0.717, 1.165) is 37.0 Å². The van der Waals surface area contributed by atoms with Crippen LogP contribution in [0.15, 0.2) is 47.5 Å². The van der Waals surface area contributed by atoms with Crippen LogP contribution in [0, 0.1) is 11.7 Å². The molecule has 0 aromatic heterocycles. The molecule has 0 radical (unpaired) electrons. The van der Waals surface area contributed by atoms with Crippen molar-refractivity contribution in [2.45, 2.75) is 38.5 Å². The summed E-state index contributed by atoms with van der Waals surface area (Å²) in [5.41, 5.74) is 0.454. The monoisotopic (exact) mass is 564 g/mol. The molecule has 5 nitrogen and oxygen atoms in total. The quantitative estimate of drug-likeness (QED) is 0.199. The third-order valence-electron chi connectivity index (χ3n) is 5.18. The largest absolute Gasteiger partial charge is 0.416 e. The number of carbonyl (C=O) groups excluding carboxylic acids is 1. The highest BCUT2D eigenvalue weighted by Gasteiger charge is 2.33. The van der Waals surface area contributed by atoms with Gasteiger partial charge in [-0.05, 0) is 48.2 Å². The lowest BCUT2D eigenvalue weighted by Crippen LogP contribution is -2.36. The van der Waals surface area contributed by atoms with Crippen LogP contribution in [0.4, 0.5) is 23.2 Å². The maximum Gasteiger partial charge on any atom is 0.416 e. The van der Waals surface area contributed by atoms with Gasteiger partial charge in [0.15, 0.2) is 5.96 Å². The van der Waals surface area contributed by atoms with Gasteiger partial charge in [-0.25, -0.2) is 4.39 Å². The van der Waals surface area contributed by atoms with Gasteiger partial charge < -0.3 is 16.0 Å². The molecule has 1 aliphatic carbocycles. The predicted octanol–water partition coefficient (Wildman–Crippen LogP) is 5.07. The Labute approximate surface area is 201 Å². The summed E-state index contributed by atoms with van der Waals surface area (Å²) in [6.07, 6.45) is -1.74. The molecule has 0 bridgehead atoms. The molecule has 1 aliphatic rings. The van der Waals surface area contributed by atoms with E-state index in [2.05, 4.69) is 20.9 Å². The molecule has 10 heteroatoms. The first kappa shape index (κ1) is 25.9. The average molecular weight is 564 g/mol. The van der Waals surface area contributed by atoms with Crippen LogP contribution in [-0.2, 0) is 24.1 Å². The molecule has 0 spiro atoms. The number of nitrogens with one attached hydrogen (secondary N) is 3. The number of hydrogen-bond donors (Lipinski definition) is 3. The molecular weight excluding hydrogens is 539 g/mol. The minimum absolute atomic E-state index is 0. The zero-order valence-corrected chi connectivity index (χ0v) is 19.8. The lowest BCUT2D eigenvalue weighted by atomic mass is 9.85. The fourth-order valence-electron chi connectivity index (χ4n) is 3.23. The second-order valence-electron chi connectivity index (χ2n) is 7.40. The summed E-state index contributed by atoms with van der Waals surface area (Å²) in [5.74, 6) is -0.546. The van der Waals surface area contributed by atoms with Crippen LogP contribution >= 0.6 is 24.0 Å². The Hall–Kier alpha value is -2.37. The molecule has 2 aromatic rings. The molecule has 0 heterocycles. The molecule has 0 unspecified atom stereocenters. The summed E-state index contributed by atoms with van der Waals surface area (Å²) in [6, 6.07) is 9.90. The van der Waals surface area contributed by atoms with Crippen molar-refractivity contribution in [1.82, 2.24) is 10.6 Å². The van der Waals surface area contributed by atoms with E-state index in [1.165, 1.54) is 7.05 Å². The number of guanidine groups is 1. The zero-order chi connectivity index (χ0) is 22.4. The lowest BCUT2D eigenvalue weighted by Gasteiger charge is -2.24. The van der Waals surface area contributed by atoms with Crippen LogP contribution in [-0.4, -0.2) is 18.9 Å². The van der Waals surface area contributed by atoms with Gasteiger partial charge in [-0.2, -0.15) is 13.2 Å². The van der Waals surface area contributed by atoms with Gasteiger partial charge in [0.2, 0.25) is 5.91 Å². The third kappa shape index (κ3) is 7.07. The topological polar surface area (TPSA) is 65.5 Å². The van der Waals surface area contributed by atoms with Gasteiger partial charge >= 0.3 is 6.18 Å². The van der Waals surface area contributed by atoms with E-state index in [1.807, 2.05) is 18.2 Å². The van der Waals surface area contributed by atoms with Gasteiger partial charge in [-0.1, -0.05) is 24.6 Å². The van der Waals surface area contributed by atoms with E-state index in [1.54, 1.807) is 6.07 Å². The molecule has 3 N–H and O–H groups in total. The molecule has 0 saturated heterocycles. The highest BCUT2D eigenvalue weighted by Crippen LogP contribution is 2.32. The number of halogens is 5. The number of hydrogen-bond acceptors (Lipinski definition) is 2. The Bertz CT molecular complexity index is 961. The Morgan fingerprint density at radius 3 is 2.44 bits per heavy atom. The summed E-state index contributed by atoms with van der Waals surface area (Å²) in [7, 11) is 1.50. The first-order chi connectivity index (χ1) is 14.8. The average Bonchev–Trinajstić information content (AvgIpc) is 2.67. The Kier molecular flexibility index (Phi) is 9.29. The summed E-state index contributed by atoms with van der Waals surface area (Å²) in [5, 5.41) is 8.74. The van der Waals surface area contributed by atoms with Crippen molar-refractivity contribution in [3.8, 4) is 0 Å². The molecule has 1 fully saturated rings. The van der Waals surface area contributed by atoms with Gasteiger partial charge in [0.05, 0.1) is 5.56 Å². The van der Waals surface area contributed by atoms with E-state index < -0.39 is 17.6 Å². The number of anilines is 1. The molecule has 2 aromatic carbocycles. The highest BCUT2D eigenvalue weighted by atomic mass is 127. The van der Waals surface area contributed by atoms with Crippen molar-refractivity contribution in [1.29, 1.82) is 0 Å². The molecule has 3 rings (SSSR count). The number of benzene rings is 2. The Morgan fingerprint density at radius 2 is 1.81 bits per heavy atom. The number of nitrogens with zero attached hydrogens (tertiary/aromatic N) is 1. The van der Waals surface area contributed by atoms with Crippen molar-refractivity contribution < 1.29 is 22.4 Å². The fourth-order valence-corrected chi connectivity index (χ4v) is 3.23. The molecular formula is C22H25F4IN4O. The maximum atomic E-state index is 13.2. The summed E-state index contributed by atoms with van der Waals surface area (Å²) in [6.45, 7) is 0.175. The van der Waals surface area contributed by atoms with Crippen molar-refractivity contribution in [2.75, 3.05) is 12.4 Å². The van der Waals surface area contributed by atoms with Crippen LogP contribution in [0.3, 0.4) is 0 Å². The molecule has 32 heavy (non-hydrogen) atoms. The van der Waals surface area contributed by atoms with E-state index in [0.29, 0.717) is 24.3 Å². The molecule has 0 atom stereocenters. The minimum Gasteiger partial charge on any atom is -0.352 e. The number of carbonyl (C=O) groups is 1. The number of alkyl halides is 3. The van der Waals surface area contributed by atoms with Crippen molar-refractivity contribution >= 4 is 41.5 Å². The Balaban J connectivity index is 0.00000363. The first-order valence-electron chi connectivity index (χ1n) is 9.96. The number of rotatable bonds is 6. The first-order valence-corrected chi connectivity index (χ1v) is 9.96. The van der Waals surface area contributed by atoms with Gasteiger partial charge in [0.1, 0.15) is 5.82 Å².